The van der Waals surface area contributed by atoms with Crippen LogP contribution in [0.15, 0.2) is 18.2 Å². The van der Waals surface area contributed by atoms with Gasteiger partial charge in [-0.05, 0) is 18.2 Å². The van der Waals surface area contributed by atoms with Crippen molar-refractivity contribution < 1.29 is 0 Å². The van der Waals surface area contributed by atoms with Crippen molar-refractivity contribution >= 4 is 23.0 Å². The van der Waals surface area contributed by atoms with Crippen LogP contribution >= 0.6 is 11.6 Å². The van der Waals surface area contributed by atoms with E-state index in [9.17, 15) is 0 Å². The Morgan fingerprint density at radius 3 is 2.60 bits per heavy atom. The molecule has 0 spiro atoms. The number of benzene rings is 1. The highest BCUT2D eigenvalue weighted by molar-refractivity contribution is 6.31. The predicted molar refractivity (Wildman–Crippen MR) is 43.7 cm³/mol. The summed E-state index contributed by atoms with van der Waals surface area (Å²) in [7, 11) is 0. The third-order valence-electron chi connectivity index (χ3n) is 1.17. The van der Waals surface area contributed by atoms with Gasteiger partial charge in [0.15, 0.2) is 0 Å². The van der Waals surface area contributed by atoms with Gasteiger partial charge in [-0.1, -0.05) is 11.6 Å². The second kappa shape index (κ2) is 2.77. The molecule has 0 saturated carbocycles. The van der Waals surface area contributed by atoms with Gasteiger partial charge in [-0.3, -0.25) is 5.84 Å². The molecule has 0 fully saturated rings. The quantitative estimate of drug-likeness (QED) is 0.326. The first kappa shape index (κ1) is 7.18. The van der Waals surface area contributed by atoms with Crippen LogP contribution in [0, 0.1) is 0 Å². The van der Waals surface area contributed by atoms with Gasteiger partial charge in [0, 0.05) is 5.02 Å². The lowest BCUT2D eigenvalue weighted by Gasteiger charge is -2.03. The molecule has 10 heavy (non-hydrogen) atoms. The number of halogens is 1. The lowest BCUT2D eigenvalue weighted by molar-refractivity contribution is 1.35. The highest BCUT2D eigenvalue weighted by atomic mass is 35.5. The van der Waals surface area contributed by atoms with Gasteiger partial charge in [-0.15, -0.1) is 0 Å². The number of hydrogen-bond acceptors (Lipinski definition) is 3. The maximum absolute atomic E-state index is 5.64. The Balaban J connectivity index is 3.09. The molecule has 4 heteroatoms. The maximum Gasteiger partial charge on any atom is 0.0730 e. The zero-order chi connectivity index (χ0) is 7.56. The van der Waals surface area contributed by atoms with E-state index in [0.29, 0.717) is 16.4 Å². The molecule has 54 valence electrons. The Hall–Kier alpha value is -0.930. The summed E-state index contributed by atoms with van der Waals surface area (Å²) in [5.41, 5.74) is 9.16. The van der Waals surface area contributed by atoms with Gasteiger partial charge >= 0.3 is 0 Å². The van der Waals surface area contributed by atoms with E-state index in [1.807, 2.05) is 0 Å². The number of nitrogens with two attached hydrogens (primary N) is 2. The highest BCUT2D eigenvalue weighted by Gasteiger charge is 1.95. The van der Waals surface area contributed by atoms with Crippen molar-refractivity contribution in [1.82, 2.24) is 0 Å². The average Bonchev–Trinajstić information content (AvgIpc) is 1.94. The summed E-state index contributed by atoms with van der Waals surface area (Å²) in [6.45, 7) is 0. The smallest absolute Gasteiger partial charge is 0.0730 e. The van der Waals surface area contributed by atoms with Crippen LogP contribution in [-0.4, -0.2) is 0 Å². The topological polar surface area (TPSA) is 64.1 Å². The molecular weight excluding hydrogens is 150 g/mol. The Morgan fingerprint density at radius 1 is 1.40 bits per heavy atom. The number of nitrogen functional groups attached to an aromatic ring is 2. The van der Waals surface area contributed by atoms with Crippen LogP contribution in [0.4, 0.5) is 11.4 Å². The first-order valence-electron chi connectivity index (χ1n) is 2.75. The summed E-state index contributed by atoms with van der Waals surface area (Å²) < 4.78 is 0. The second-order valence-corrected chi connectivity index (χ2v) is 2.31. The molecular formula is C6H8ClN3. The molecule has 0 amide bonds. The average molecular weight is 158 g/mol. The lowest BCUT2D eigenvalue weighted by Crippen LogP contribution is -2.08. The molecule has 1 aromatic carbocycles. The third kappa shape index (κ3) is 1.32. The first-order chi connectivity index (χ1) is 4.74. The van der Waals surface area contributed by atoms with Crippen molar-refractivity contribution in [2.75, 3.05) is 11.2 Å². The molecule has 0 atom stereocenters. The van der Waals surface area contributed by atoms with Gasteiger partial charge in [-0.25, -0.2) is 0 Å². The molecule has 0 radical (unpaired) electrons. The largest absolute Gasteiger partial charge is 0.397 e. The van der Waals surface area contributed by atoms with Crippen LogP contribution in [0.25, 0.3) is 0 Å². The monoisotopic (exact) mass is 157 g/mol. The Kier molecular flexibility index (Phi) is 1.99. The number of hydrogen-bond donors (Lipinski definition) is 3. The fraction of sp³-hybridized carbons (Fsp3) is 0. The molecule has 0 unspecified atom stereocenters. The molecule has 1 aromatic rings. The van der Waals surface area contributed by atoms with Gasteiger partial charge in [0.05, 0.1) is 11.4 Å². The third-order valence-corrected chi connectivity index (χ3v) is 1.41. The molecule has 3 nitrogen and oxygen atoms in total. The fourth-order valence-electron chi connectivity index (χ4n) is 0.654. The number of nitrogens with one attached hydrogen (secondary N) is 1. The van der Waals surface area contributed by atoms with Gasteiger partial charge < -0.3 is 11.2 Å². The summed E-state index contributed by atoms with van der Waals surface area (Å²) >= 11 is 5.64. The molecule has 0 aliphatic carbocycles. The van der Waals surface area contributed by atoms with Gasteiger partial charge in [0.2, 0.25) is 0 Å². The number of anilines is 2. The minimum absolute atomic E-state index is 0.590. The van der Waals surface area contributed by atoms with E-state index < -0.39 is 0 Å². The van der Waals surface area contributed by atoms with Gasteiger partial charge in [0.1, 0.15) is 0 Å². The predicted octanol–water partition coefficient (Wildman–Crippen LogP) is 1.21. The first-order valence-corrected chi connectivity index (χ1v) is 3.13. The van der Waals surface area contributed by atoms with Crippen molar-refractivity contribution in [1.29, 1.82) is 0 Å². The minimum atomic E-state index is 0.590. The van der Waals surface area contributed by atoms with Crippen molar-refractivity contribution in [3.63, 3.8) is 0 Å². The van der Waals surface area contributed by atoms with Crippen LogP contribution in [0.2, 0.25) is 5.02 Å². The Bertz CT molecular complexity index is 236. The van der Waals surface area contributed by atoms with E-state index in [0.717, 1.165) is 0 Å². The van der Waals surface area contributed by atoms with Crippen LogP contribution < -0.4 is 17.0 Å². The molecule has 0 saturated heterocycles. The van der Waals surface area contributed by atoms with E-state index in [1.54, 1.807) is 18.2 Å². The Morgan fingerprint density at radius 2 is 2.10 bits per heavy atom. The van der Waals surface area contributed by atoms with E-state index >= 15 is 0 Å². The van der Waals surface area contributed by atoms with E-state index in [2.05, 4.69) is 5.43 Å². The minimum Gasteiger partial charge on any atom is -0.397 e. The summed E-state index contributed by atoms with van der Waals surface area (Å²) in [4.78, 5) is 0. The SMILES string of the molecule is NNc1cc(Cl)ccc1N. The van der Waals surface area contributed by atoms with Gasteiger partial charge in [0.25, 0.3) is 0 Å². The maximum atomic E-state index is 5.64. The molecule has 0 heterocycles. The van der Waals surface area contributed by atoms with Crippen LogP contribution in [0.1, 0.15) is 0 Å². The van der Waals surface area contributed by atoms with Crippen LogP contribution in [0.5, 0.6) is 0 Å². The van der Waals surface area contributed by atoms with Crippen molar-refractivity contribution in [2.24, 2.45) is 5.84 Å². The van der Waals surface area contributed by atoms with E-state index in [4.69, 9.17) is 23.2 Å². The van der Waals surface area contributed by atoms with Crippen molar-refractivity contribution in [3.05, 3.63) is 23.2 Å². The number of hydrazine groups is 1. The zero-order valence-corrected chi connectivity index (χ0v) is 6.02. The molecule has 0 bridgehead atoms. The summed E-state index contributed by atoms with van der Waals surface area (Å²) in [5.74, 6) is 5.13. The van der Waals surface area contributed by atoms with Crippen molar-refractivity contribution in [3.8, 4) is 0 Å². The summed E-state index contributed by atoms with van der Waals surface area (Å²) in [5, 5.41) is 0.613. The molecule has 0 aliphatic heterocycles. The fourth-order valence-corrected chi connectivity index (χ4v) is 0.826. The molecule has 0 aromatic heterocycles. The normalized spacial score (nSPS) is 9.40. The lowest BCUT2D eigenvalue weighted by atomic mass is 10.3. The Labute approximate surface area is 63.9 Å². The number of rotatable bonds is 1. The molecule has 1 rings (SSSR count). The zero-order valence-electron chi connectivity index (χ0n) is 5.26. The van der Waals surface area contributed by atoms with Crippen LogP contribution in [-0.2, 0) is 0 Å². The summed E-state index contributed by atoms with van der Waals surface area (Å²) in [6, 6.07) is 5.06. The standard InChI is InChI=1S/C6H8ClN3/c7-4-1-2-5(8)6(3-4)10-9/h1-3,10H,8-9H2. The van der Waals surface area contributed by atoms with Crippen molar-refractivity contribution in [2.45, 2.75) is 0 Å². The highest BCUT2D eigenvalue weighted by Crippen LogP contribution is 2.21. The van der Waals surface area contributed by atoms with Crippen LogP contribution in [0.3, 0.4) is 0 Å². The molecule has 5 N–H and O–H groups in total. The molecule has 0 aliphatic rings. The summed E-state index contributed by atoms with van der Waals surface area (Å²) in [6.07, 6.45) is 0. The second-order valence-electron chi connectivity index (χ2n) is 1.88. The van der Waals surface area contributed by atoms with E-state index in [-0.39, 0.29) is 0 Å². The van der Waals surface area contributed by atoms with E-state index in [1.165, 1.54) is 0 Å². The van der Waals surface area contributed by atoms with Gasteiger partial charge in [-0.2, -0.15) is 0 Å².